The van der Waals surface area contributed by atoms with Gasteiger partial charge in [-0.3, -0.25) is 4.79 Å². The molecule has 0 saturated carbocycles. The standard InChI is InChI=1S/C17H16ClN3OS3/c1-10-8-14(11(2)21(10)13-6-4-12(18)5-7-13)15(22)9-24-17-20-19-16(23-3)25-17/h4-8H,9H2,1-3H3. The van der Waals surface area contributed by atoms with E-state index in [9.17, 15) is 4.79 Å². The molecular formula is C17H16ClN3OS3. The summed E-state index contributed by atoms with van der Waals surface area (Å²) in [5.41, 5.74) is 3.70. The summed E-state index contributed by atoms with van der Waals surface area (Å²) in [5.74, 6) is 0.452. The quantitative estimate of drug-likeness (QED) is 0.408. The average Bonchev–Trinajstić information content (AvgIpc) is 3.18. The number of ketones is 1. The third kappa shape index (κ3) is 4.11. The van der Waals surface area contributed by atoms with Gasteiger partial charge in [0.15, 0.2) is 14.5 Å². The molecule has 2 heterocycles. The van der Waals surface area contributed by atoms with E-state index in [0.29, 0.717) is 10.8 Å². The van der Waals surface area contributed by atoms with Crippen LogP contribution in [0.4, 0.5) is 0 Å². The number of aryl methyl sites for hydroxylation is 1. The Bertz CT molecular complexity index is 903. The molecule has 0 unspecified atom stereocenters. The van der Waals surface area contributed by atoms with Gasteiger partial charge >= 0.3 is 0 Å². The Hall–Kier alpha value is -1.28. The van der Waals surface area contributed by atoms with Crippen LogP contribution in [0.2, 0.25) is 5.02 Å². The van der Waals surface area contributed by atoms with Crippen LogP contribution in [-0.4, -0.2) is 32.6 Å². The molecule has 3 rings (SSSR count). The largest absolute Gasteiger partial charge is 0.318 e. The Kier molecular flexibility index (Phi) is 5.89. The maximum absolute atomic E-state index is 12.7. The number of hydrogen-bond acceptors (Lipinski definition) is 6. The van der Waals surface area contributed by atoms with Gasteiger partial charge in [0.2, 0.25) is 0 Å². The van der Waals surface area contributed by atoms with Crippen molar-refractivity contribution in [3.8, 4) is 5.69 Å². The molecule has 0 fully saturated rings. The van der Waals surface area contributed by atoms with Gasteiger partial charge in [0.1, 0.15) is 0 Å². The van der Waals surface area contributed by atoms with E-state index in [1.165, 1.54) is 23.1 Å². The molecule has 25 heavy (non-hydrogen) atoms. The van der Waals surface area contributed by atoms with Crippen molar-refractivity contribution in [2.75, 3.05) is 12.0 Å². The summed E-state index contributed by atoms with van der Waals surface area (Å²) < 4.78 is 3.81. The van der Waals surface area contributed by atoms with Crippen LogP contribution in [0.3, 0.4) is 0 Å². The van der Waals surface area contributed by atoms with Crippen LogP contribution in [0.5, 0.6) is 0 Å². The van der Waals surface area contributed by atoms with E-state index >= 15 is 0 Å². The molecule has 0 N–H and O–H groups in total. The molecule has 0 bridgehead atoms. The number of halogens is 1. The number of rotatable bonds is 6. The lowest BCUT2D eigenvalue weighted by Crippen LogP contribution is -2.05. The van der Waals surface area contributed by atoms with Gasteiger partial charge in [-0.2, -0.15) is 0 Å². The van der Waals surface area contributed by atoms with Gasteiger partial charge in [-0.1, -0.05) is 46.5 Å². The van der Waals surface area contributed by atoms with Crippen LogP contribution >= 0.6 is 46.5 Å². The second-order valence-corrected chi connectivity index (χ2v) is 9.04. The maximum atomic E-state index is 12.7. The van der Waals surface area contributed by atoms with Gasteiger partial charge in [0, 0.05) is 27.7 Å². The van der Waals surface area contributed by atoms with E-state index in [1.54, 1.807) is 11.8 Å². The second kappa shape index (κ2) is 7.95. The first-order valence-electron chi connectivity index (χ1n) is 7.48. The Balaban J connectivity index is 1.79. The first kappa shape index (κ1) is 18.5. The molecule has 130 valence electrons. The molecule has 3 aromatic rings. The van der Waals surface area contributed by atoms with Crippen LogP contribution in [0.25, 0.3) is 5.69 Å². The fraction of sp³-hybridized carbons (Fsp3) is 0.235. The molecule has 0 aliphatic heterocycles. The summed E-state index contributed by atoms with van der Waals surface area (Å²) in [5, 5.41) is 8.84. The minimum atomic E-state index is 0.0965. The lowest BCUT2D eigenvalue weighted by Gasteiger charge is -2.10. The zero-order valence-electron chi connectivity index (χ0n) is 13.9. The van der Waals surface area contributed by atoms with Crippen molar-refractivity contribution < 1.29 is 4.79 Å². The molecule has 0 aliphatic rings. The molecule has 0 atom stereocenters. The zero-order valence-corrected chi connectivity index (χ0v) is 17.2. The van der Waals surface area contributed by atoms with E-state index < -0.39 is 0 Å². The highest BCUT2D eigenvalue weighted by atomic mass is 35.5. The minimum Gasteiger partial charge on any atom is -0.318 e. The average molecular weight is 410 g/mol. The number of carbonyl (C=O) groups excluding carboxylic acids is 1. The minimum absolute atomic E-state index is 0.0965. The predicted octanol–water partition coefficient (Wildman–Crippen LogP) is 5.30. The monoisotopic (exact) mass is 409 g/mol. The van der Waals surface area contributed by atoms with Crippen LogP contribution in [0.1, 0.15) is 21.7 Å². The van der Waals surface area contributed by atoms with E-state index in [2.05, 4.69) is 14.8 Å². The molecule has 8 heteroatoms. The lowest BCUT2D eigenvalue weighted by atomic mass is 10.2. The van der Waals surface area contributed by atoms with Crippen molar-refractivity contribution in [2.24, 2.45) is 0 Å². The van der Waals surface area contributed by atoms with Crippen LogP contribution in [0, 0.1) is 13.8 Å². The van der Waals surface area contributed by atoms with Crippen molar-refractivity contribution in [3.05, 3.63) is 52.3 Å². The number of nitrogens with zero attached hydrogens (tertiary/aromatic N) is 3. The highest BCUT2D eigenvalue weighted by Gasteiger charge is 2.17. The van der Waals surface area contributed by atoms with Crippen LogP contribution in [0.15, 0.2) is 39.0 Å². The predicted molar refractivity (Wildman–Crippen MR) is 107 cm³/mol. The molecular weight excluding hydrogens is 394 g/mol. The Morgan fingerprint density at radius 3 is 2.52 bits per heavy atom. The molecule has 4 nitrogen and oxygen atoms in total. The highest BCUT2D eigenvalue weighted by Crippen LogP contribution is 2.29. The summed E-state index contributed by atoms with van der Waals surface area (Å²) >= 11 is 10.5. The molecule has 2 aromatic heterocycles. The SMILES string of the molecule is CSc1nnc(SCC(=O)c2cc(C)n(-c3ccc(Cl)cc3)c2C)s1. The molecule has 1 aromatic carbocycles. The molecule has 0 radical (unpaired) electrons. The third-order valence-electron chi connectivity index (χ3n) is 3.71. The fourth-order valence-electron chi connectivity index (χ4n) is 2.58. The van der Waals surface area contributed by atoms with E-state index in [0.717, 1.165) is 31.3 Å². The summed E-state index contributed by atoms with van der Waals surface area (Å²) in [6, 6.07) is 9.56. The maximum Gasteiger partial charge on any atom is 0.175 e. The second-order valence-electron chi connectivity index (χ2n) is 5.35. The van der Waals surface area contributed by atoms with Crippen molar-refractivity contribution in [3.63, 3.8) is 0 Å². The smallest absolute Gasteiger partial charge is 0.175 e. The van der Waals surface area contributed by atoms with E-state index in [4.69, 9.17) is 11.6 Å². The summed E-state index contributed by atoms with van der Waals surface area (Å²) in [4.78, 5) is 12.7. The highest BCUT2D eigenvalue weighted by molar-refractivity contribution is 8.03. The summed E-state index contributed by atoms with van der Waals surface area (Å²) in [6.45, 7) is 3.97. The van der Waals surface area contributed by atoms with Gasteiger partial charge in [-0.05, 0) is 50.4 Å². The molecule has 0 saturated heterocycles. The van der Waals surface area contributed by atoms with Crippen molar-refractivity contribution >= 4 is 52.2 Å². The molecule has 0 spiro atoms. The zero-order chi connectivity index (χ0) is 18.0. The summed E-state index contributed by atoms with van der Waals surface area (Å²) in [6.07, 6.45) is 1.96. The number of Topliss-reactive ketones (excluding diaryl/α,β-unsaturated/α-hetero) is 1. The van der Waals surface area contributed by atoms with Gasteiger partial charge < -0.3 is 4.57 Å². The Labute approximate surface area is 164 Å². The first-order chi connectivity index (χ1) is 12.0. The first-order valence-corrected chi connectivity index (χ1v) is 10.9. The fourth-order valence-corrected chi connectivity index (χ4v) is 5.02. The molecule has 0 amide bonds. The van der Waals surface area contributed by atoms with Crippen LogP contribution < -0.4 is 0 Å². The van der Waals surface area contributed by atoms with Gasteiger partial charge in [-0.15, -0.1) is 10.2 Å². The normalized spacial score (nSPS) is 11.0. The number of carbonyl (C=O) groups is 1. The van der Waals surface area contributed by atoms with Crippen molar-refractivity contribution in [2.45, 2.75) is 22.5 Å². The van der Waals surface area contributed by atoms with Gasteiger partial charge in [0.25, 0.3) is 0 Å². The third-order valence-corrected chi connectivity index (χ3v) is 6.99. The number of hydrogen-bond donors (Lipinski definition) is 0. The van der Waals surface area contributed by atoms with Gasteiger partial charge in [0.05, 0.1) is 5.75 Å². The van der Waals surface area contributed by atoms with Gasteiger partial charge in [-0.25, -0.2) is 0 Å². The van der Waals surface area contributed by atoms with E-state index in [1.807, 2.05) is 50.4 Å². The Morgan fingerprint density at radius 1 is 1.20 bits per heavy atom. The lowest BCUT2D eigenvalue weighted by molar-refractivity contribution is 0.102. The summed E-state index contributed by atoms with van der Waals surface area (Å²) in [7, 11) is 0. The van der Waals surface area contributed by atoms with Crippen molar-refractivity contribution in [1.82, 2.24) is 14.8 Å². The van der Waals surface area contributed by atoms with Crippen LogP contribution in [-0.2, 0) is 0 Å². The van der Waals surface area contributed by atoms with E-state index in [-0.39, 0.29) is 5.78 Å². The number of aromatic nitrogens is 3. The number of thioether (sulfide) groups is 2. The topological polar surface area (TPSA) is 47.8 Å². The number of benzene rings is 1. The Morgan fingerprint density at radius 2 is 1.88 bits per heavy atom. The molecule has 0 aliphatic carbocycles. The van der Waals surface area contributed by atoms with Crippen molar-refractivity contribution in [1.29, 1.82) is 0 Å².